The predicted molar refractivity (Wildman–Crippen MR) is 152 cm³/mol. The summed E-state index contributed by atoms with van der Waals surface area (Å²) in [5.74, 6) is -0.610. The highest BCUT2D eigenvalue weighted by atomic mass is 19.4. The van der Waals surface area contributed by atoms with Crippen LogP contribution >= 0.6 is 0 Å². The maximum Gasteiger partial charge on any atom is 0.416 e. The van der Waals surface area contributed by atoms with Gasteiger partial charge in [-0.15, -0.1) is 0 Å². The molecular formula is C33H36F3NO7. The fourth-order valence-electron chi connectivity index (χ4n) is 7.22. The highest BCUT2D eigenvalue weighted by Crippen LogP contribution is 2.60. The van der Waals surface area contributed by atoms with Crippen LogP contribution in [-0.2, 0) is 30.2 Å². The maximum atomic E-state index is 12.9. The smallest absolute Gasteiger partial charge is 0.416 e. The highest BCUT2D eigenvalue weighted by molar-refractivity contribution is 6.06. The first-order chi connectivity index (χ1) is 20.9. The van der Waals surface area contributed by atoms with Crippen molar-refractivity contribution in [2.24, 2.45) is 23.7 Å². The third kappa shape index (κ3) is 5.78. The van der Waals surface area contributed by atoms with Gasteiger partial charge >= 0.3 is 6.18 Å². The first-order valence-electron chi connectivity index (χ1n) is 15.0. The minimum Gasteiger partial charge on any atom is -0.484 e. The Morgan fingerprint density at radius 1 is 1.05 bits per heavy atom. The minimum absolute atomic E-state index is 0.0610. The van der Waals surface area contributed by atoms with Gasteiger partial charge in [-0.25, -0.2) is 9.78 Å². The summed E-state index contributed by atoms with van der Waals surface area (Å²) in [7, 11) is 0. The lowest BCUT2D eigenvalue weighted by Gasteiger charge is -2.60. The summed E-state index contributed by atoms with van der Waals surface area (Å²) in [5.41, 5.74) is -0.921. The molecule has 4 aliphatic heterocycles. The Hall–Kier alpha value is -3.25. The zero-order valence-corrected chi connectivity index (χ0v) is 24.8. The normalized spacial score (nSPS) is 34.7. The molecule has 8 nitrogen and oxygen atoms in total. The number of benzene rings is 2. The van der Waals surface area contributed by atoms with Crippen LogP contribution in [0.1, 0.15) is 67.9 Å². The number of hydrogen-bond acceptors (Lipinski definition) is 7. The monoisotopic (exact) mass is 615 g/mol. The second-order valence-corrected chi connectivity index (χ2v) is 12.5. The first kappa shape index (κ1) is 30.8. The summed E-state index contributed by atoms with van der Waals surface area (Å²) in [4.78, 5) is 37.5. The Balaban J connectivity index is 1.05. The van der Waals surface area contributed by atoms with E-state index in [-0.39, 0.29) is 41.6 Å². The summed E-state index contributed by atoms with van der Waals surface area (Å²) in [6, 6.07) is 10.9. The van der Waals surface area contributed by atoms with E-state index in [0.29, 0.717) is 23.7 Å². The number of nitrogens with one attached hydrogen (secondary N) is 1. The number of ether oxygens (including phenoxy) is 3. The van der Waals surface area contributed by atoms with Gasteiger partial charge in [-0.3, -0.25) is 9.59 Å². The molecule has 1 N–H and O–H groups in total. The van der Waals surface area contributed by atoms with Crippen molar-refractivity contribution in [2.75, 3.05) is 6.61 Å². The number of carbonyl (C=O) groups is 2. The molecule has 1 amide bonds. The largest absolute Gasteiger partial charge is 0.484 e. The van der Waals surface area contributed by atoms with E-state index in [1.165, 1.54) is 36.4 Å². The molecule has 44 heavy (non-hydrogen) atoms. The van der Waals surface area contributed by atoms with Crippen molar-refractivity contribution in [1.29, 1.82) is 0 Å². The number of allylic oxidation sites excluding steroid dienone is 1. The van der Waals surface area contributed by atoms with E-state index >= 15 is 0 Å². The number of rotatable bonds is 7. The van der Waals surface area contributed by atoms with Crippen LogP contribution in [0.5, 0.6) is 5.75 Å². The van der Waals surface area contributed by atoms with E-state index in [1.807, 2.05) is 13.8 Å². The Labute approximate surface area is 253 Å². The van der Waals surface area contributed by atoms with Crippen molar-refractivity contribution < 1.29 is 46.7 Å². The molecule has 1 aliphatic carbocycles. The van der Waals surface area contributed by atoms with Crippen LogP contribution in [0.4, 0.5) is 13.2 Å². The molecule has 2 aromatic rings. The van der Waals surface area contributed by atoms with Crippen LogP contribution in [0.25, 0.3) is 6.08 Å². The number of carbonyl (C=O) groups excluding carboxylic acids is 2. The predicted octanol–water partition coefficient (Wildman–Crippen LogP) is 6.30. The SMILES string of the molecule is C[C@@H]1CCC2[C@@H](C)[C@@H](NC(=O)COc3ccc(C(=O)/C=C/c4cccc(C(F)(F)F)c4)cc3)O[C@@H]3O[C@@]4(C)CCC1[C@@]23OO4. The van der Waals surface area contributed by atoms with Gasteiger partial charge in [0.2, 0.25) is 5.79 Å². The molecule has 1 spiro atoms. The average molecular weight is 616 g/mol. The molecule has 0 radical (unpaired) electrons. The molecule has 11 heteroatoms. The molecule has 4 saturated heterocycles. The number of hydrogen-bond donors (Lipinski definition) is 1. The summed E-state index contributed by atoms with van der Waals surface area (Å²) in [6.07, 6.45) is 0.394. The third-order valence-corrected chi connectivity index (χ3v) is 9.61. The molecule has 8 atom stereocenters. The lowest BCUT2D eigenvalue weighted by atomic mass is 9.58. The van der Waals surface area contributed by atoms with Crippen LogP contribution in [-0.4, -0.2) is 42.2 Å². The van der Waals surface area contributed by atoms with Crippen molar-refractivity contribution in [3.63, 3.8) is 0 Å². The van der Waals surface area contributed by atoms with E-state index in [2.05, 4.69) is 12.2 Å². The highest BCUT2D eigenvalue weighted by Gasteiger charge is 2.69. The van der Waals surface area contributed by atoms with Crippen molar-refractivity contribution in [2.45, 2.75) is 76.5 Å². The number of halogens is 3. The molecule has 1 saturated carbocycles. The first-order valence-corrected chi connectivity index (χ1v) is 15.0. The fourth-order valence-corrected chi connectivity index (χ4v) is 7.22. The summed E-state index contributed by atoms with van der Waals surface area (Å²) in [5, 5.41) is 2.95. The van der Waals surface area contributed by atoms with E-state index in [9.17, 15) is 22.8 Å². The average Bonchev–Trinajstić information content (AvgIpc) is 3.23. The number of alkyl halides is 3. The van der Waals surface area contributed by atoms with E-state index in [4.69, 9.17) is 24.0 Å². The van der Waals surface area contributed by atoms with Crippen LogP contribution in [0.3, 0.4) is 0 Å². The Bertz CT molecular complexity index is 1430. The lowest BCUT2D eigenvalue weighted by molar-refractivity contribution is -0.571. The topological polar surface area (TPSA) is 92.3 Å². The van der Waals surface area contributed by atoms with Gasteiger partial charge in [0.25, 0.3) is 5.91 Å². The van der Waals surface area contributed by atoms with Crippen molar-refractivity contribution in [3.8, 4) is 5.75 Å². The molecular weight excluding hydrogens is 579 g/mol. The molecule has 4 heterocycles. The van der Waals surface area contributed by atoms with E-state index in [1.54, 1.807) is 12.1 Å². The summed E-state index contributed by atoms with van der Waals surface area (Å²) < 4.78 is 57.2. The number of amides is 1. The Kier molecular flexibility index (Phi) is 8.11. The van der Waals surface area contributed by atoms with Gasteiger partial charge in [0, 0.05) is 23.8 Å². The molecule has 5 aliphatic rings. The van der Waals surface area contributed by atoms with Gasteiger partial charge in [-0.1, -0.05) is 32.1 Å². The van der Waals surface area contributed by atoms with Gasteiger partial charge in [0.15, 0.2) is 24.3 Å². The Morgan fingerprint density at radius 2 is 1.82 bits per heavy atom. The summed E-state index contributed by atoms with van der Waals surface area (Å²) >= 11 is 0. The lowest BCUT2D eigenvalue weighted by Crippen LogP contribution is -2.72. The number of fused-ring (bicyclic) bond motifs is 2. The van der Waals surface area contributed by atoms with E-state index in [0.717, 1.165) is 31.4 Å². The summed E-state index contributed by atoms with van der Waals surface area (Å²) in [6.45, 7) is 5.87. The maximum absolute atomic E-state index is 12.9. The molecule has 5 fully saturated rings. The second-order valence-electron chi connectivity index (χ2n) is 12.5. The fraction of sp³-hybridized carbons (Fsp3) is 0.515. The van der Waals surface area contributed by atoms with Gasteiger partial charge in [0.05, 0.1) is 5.56 Å². The van der Waals surface area contributed by atoms with Crippen LogP contribution < -0.4 is 10.1 Å². The third-order valence-electron chi connectivity index (χ3n) is 9.61. The van der Waals surface area contributed by atoms with Gasteiger partial charge in [-0.2, -0.15) is 13.2 Å². The second kappa shape index (κ2) is 11.6. The van der Waals surface area contributed by atoms with Crippen LogP contribution in [0.2, 0.25) is 0 Å². The van der Waals surface area contributed by atoms with Gasteiger partial charge < -0.3 is 19.5 Å². The standard InChI is InChI=1S/C33H36F3NO7/c1-19-7-13-26-20(2)29(41-30-32(26)25(19)15-16-31(3,42-30)43-44-32)37-28(39)18-40-24-11-9-22(10-12-24)27(38)14-8-21-5-4-6-23(17-21)33(34,35)36/h4-6,8-12,14,17,19-20,25-26,29-30H,7,13,15-16,18H2,1-3H3,(H,37,39)/b14-8+/t19-,20-,25?,26?,29+,30-,31-,32-/m1/s1. The molecule has 236 valence electrons. The van der Waals surface area contributed by atoms with Crippen LogP contribution in [0, 0.1) is 23.7 Å². The molecule has 0 aromatic heterocycles. The van der Waals surface area contributed by atoms with Crippen molar-refractivity contribution >= 4 is 17.8 Å². The van der Waals surface area contributed by atoms with Gasteiger partial charge in [0.1, 0.15) is 12.0 Å². The van der Waals surface area contributed by atoms with Crippen molar-refractivity contribution in [3.05, 3.63) is 71.3 Å². The van der Waals surface area contributed by atoms with Crippen molar-refractivity contribution in [1.82, 2.24) is 5.32 Å². The van der Waals surface area contributed by atoms with Crippen LogP contribution in [0.15, 0.2) is 54.6 Å². The molecule has 2 unspecified atom stereocenters. The van der Waals surface area contributed by atoms with E-state index < -0.39 is 35.6 Å². The molecule has 7 rings (SSSR count). The molecule has 2 aromatic carbocycles. The number of ketones is 1. The van der Waals surface area contributed by atoms with Gasteiger partial charge in [-0.05, 0) is 86.1 Å². The minimum atomic E-state index is -4.46. The Morgan fingerprint density at radius 3 is 2.57 bits per heavy atom. The molecule has 2 bridgehead atoms. The zero-order valence-electron chi connectivity index (χ0n) is 24.8. The zero-order chi connectivity index (χ0) is 31.3. The quantitative estimate of drug-likeness (QED) is 0.222.